The van der Waals surface area contributed by atoms with Gasteiger partial charge >= 0.3 is 0 Å². The number of sulfonamides is 1. The van der Waals surface area contributed by atoms with Gasteiger partial charge in [-0.05, 0) is 44.0 Å². The summed E-state index contributed by atoms with van der Waals surface area (Å²) in [4.78, 5) is 13.8. The minimum atomic E-state index is -3.20. The van der Waals surface area contributed by atoms with Crippen LogP contribution in [0.3, 0.4) is 0 Å². The van der Waals surface area contributed by atoms with E-state index in [0.29, 0.717) is 36.7 Å². The van der Waals surface area contributed by atoms with Crippen molar-refractivity contribution in [2.75, 3.05) is 25.4 Å². The van der Waals surface area contributed by atoms with Gasteiger partial charge in [0.25, 0.3) is 5.91 Å². The van der Waals surface area contributed by atoms with Crippen LogP contribution < -0.4 is 9.46 Å². The van der Waals surface area contributed by atoms with E-state index in [4.69, 9.17) is 16.3 Å². The first-order valence-corrected chi connectivity index (χ1v) is 9.59. The molecule has 1 amide bonds. The molecule has 23 heavy (non-hydrogen) atoms. The van der Waals surface area contributed by atoms with Crippen LogP contribution in [0.2, 0.25) is 5.02 Å². The Hall–Kier alpha value is -1.31. The number of carbonyl (C=O) groups excluding carboxylic acids is 1. The van der Waals surface area contributed by atoms with Gasteiger partial charge in [0, 0.05) is 24.2 Å². The normalized spacial score (nSPS) is 16.3. The summed E-state index contributed by atoms with van der Waals surface area (Å²) >= 11 is 5.79. The smallest absolute Gasteiger partial charge is 0.260 e. The Labute approximate surface area is 141 Å². The lowest BCUT2D eigenvalue weighted by Gasteiger charge is -2.32. The Morgan fingerprint density at radius 1 is 1.30 bits per heavy atom. The summed E-state index contributed by atoms with van der Waals surface area (Å²) in [5.41, 5.74) is 0. The molecular formula is C15H21ClN2O4S. The molecule has 1 aromatic rings. The summed E-state index contributed by atoms with van der Waals surface area (Å²) in [6.45, 7) is 2.63. The number of carbonyl (C=O) groups is 1. The molecule has 1 aromatic carbocycles. The molecule has 0 saturated carbocycles. The molecule has 1 aliphatic rings. The molecule has 2 rings (SSSR count). The summed E-state index contributed by atoms with van der Waals surface area (Å²) in [7, 11) is -3.20. The lowest BCUT2D eigenvalue weighted by atomic mass is 10.1. The van der Waals surface area contributed by atoms with E-state index in [1.54, 1.807) is 36.1 Å². The van der Waals surface area contributed by atoms with Gasteiger partial charge in [-0.3, -0.25) is 4.79 Å². The zero-order valence-electron chi connectivity index (χ0n) is 13.0. The number of hydrogen-bond acceptors (Lipinski definition) is 4. The zero-order chi connectivity index (χ0) is 16.9. The van der Waals surface area contributed by atoms with Crippen LogP contribution >= 0.6 is 11.6 Å². The van der Waals surface area contributed by atoms with Crippen molar-refractivity contribution in [2.45, 2.75) is 25.8 Å². The van der Waals surface area contributed by atoms with E-state index in [1.807, 2.05) is 0 Å². The molecule has 0 spiro atoms. The second kappa shape index (κ2) is 7.99. The van der Waals surface area contributed by atoms with Gasteiger partial charge in [-0.25, -0.2) is 13.1 Å². The van der Waals surface area contributed by atoms with Gasteiger partial charge in [-0.1, -0.05) is 11.6 Å². The molecule has 0 aromatic heterocycles. The third-order valence-corrected chi connectivity index (χ3v) is 5.45. The molecule has 6 nitrogen and oxygen atoms in total. The second-order valence-electron chi connectivity index (χ2n) is 5.42. The van der Waals surface area contributed by atoms with Crippen molar-refractivity contribution in [3.8, 4) is 5.75 Å². The predicted octanol–water partition coefficient (Wildman–Crippen LogP) is 1.65. The Kier molecular flexibility index (Phi) is 6.26. The number of rotatable bonds is 6. The molecule has 1 aliphatic heterocycles. The summed E-state index contributed by atoms with van der Waals surface area (Å²) in [6.07, 6.45) is 1.23. The molecule has 1 saturated heterocycles. The number of benzene rings is 1. The maximum absolute atomic E-state index is 12.1. The van der Waals surface area contributed by atoms with Crippen LogP contribution in [0.5, 0.6) is 5.75 Å². The average Bonchev–Trinajstić information content (AvgIpc) is 2.54. The van der Waals surface area contributed by atoms with Gasteiger partial charge in [0.1, 0.15) is 5.75 Å². The minimum Gasteiger partial charge on any atom is -0.484 e. The van der Waals surface area contributed by atoms with E-state index >= 15 is 0 Å². The predicted molar refractivity (Wildman–Crippen MR) is 89.1 cm³/mol. The number of ether oxygens (including phenoxy) is 1. The van der Waals surface area contributed by atoms with E-state index < -0.39 is 10.0 Å². The van der Waals surface area contributed by atoms with Crippen molar-refractivity contribution in [1.29, 1.82) is 0 Å². The van der Waals surface area contributed by atoms with Gasteiger partial charge in [0.2, 0.25) is 10.0 Å². The van der Waals surface area contributed by atoms with Crippen LogP contribution in [-0.4, -0.2) is 50.7 Å². The topological polar surface area (TPSA) is 75.7 Å². The van der Waals surface area contributed by atoms with Gasteiger partial charge in [0.15, 0.2) is 6.61 Å². The van der Waals surface area contributed by atoms with Crippen molar-refractivity contribution in [3.63, 3.8) is 0 Å². The Balaban J connectivity index is 1.76. The van der Waals surface area contributed by atoms with Crippen LogP contribution in [0.1, 0.15) is 19.8 Å². The number of likely N-dealkylation sites (tertiary alicyclic amines) is 1. The fourth-order valence-corrected chi connectivity index (χ4v) is 3.39. The van der Waals surface area contributed by atoms with Gasteiger partial charge in [0.05, 0.1) is 5.75 Å². The molecular weight excluding hydrogens is 340 g/mol. The number of piperidine rings is 1. The van der Waals surface area contributed by atoms with Crippen LogP contribution in [0.4, 0.5) is 0 Å². The number of halogens is 1. The summed E-state index contributed by atoms with van der Waals surface area (Å²) in [6, 6.07) is 6.73. The monoisotopic (exact) mass is 360 g/mol. The first kappa shape index (κ1) is 18.0. The first-order chi connectivity index (χ1) is 10.9. The number of hydrogen-bond donors (Lipinski definition) is 1. The Morgan fingerprint density at radius 2 is 1.91 bits per heavy atom. The van der Waals surface area contributed by atoms with E-state index in [0.717, 1.165) is 0 Å². The second-order valence-corrected chi connectivity index (χ2v) is 7.90. The van der Waals surface area contributed by atoms with Crippen LogP contribution in [0.15, 0.2) is 24.3 Å². The molecule has 1 fully saturated rings. The van der Waals surface area contributed by atoms with Crippen LogP contribution in [0.25, 0.3) is 0 Å². The van der Waals surface area contributed by atoms with E-state index in [-0.39, 0.29) is 24.3 Å². The molecule has 0 bridgehead atoms. The highest BCUT2D eigenvalue weighted by molar-refractivity contribution is 7.89. The van der Waals surface area contributed by atoms with Crippen LogP contribution in [0, 0.1) is 0 Å². The van der Waals surface area contributed by atoms with Gasteiger partial charge in [-0.15, -0.1) is 0 Å². The van der Waals surface area contributed by atoms with Gasteiger partial charge in [-0.2, -0.15) is 0 Å². The highest BCUT2D eigenvalue weighted by Crippen LogP contribution is 2.16. The lowest BCUT2D eigenvalue weighted by molar-refractivity contribution is -0.134. The lowest BCUT2D eigenvalue weighted by Crippen LogP contribution is -2.47. The molecule has 128 valence electrons. The van der Waals surface area contributed by atoms with Crippen molar-refractivity contribution in [3.05, 3.63) is 29.3 Å². The van der Waals surface area contributed by atoms with E-state index in [1.165, 1.54) is 0 Å². The van der Waals surface area contributed by atoms with Crippen molar-refractivity contribution >= 4 is 27.5 Å². The third kappa shape index (κ3) is 5.67. The molecule has 0 radical (unpaired) electrons. The SMILES string of the molecule is CCS(=O)(=O)NC1CCN(C(=O)COc2ccc(Cl)cc2)CC1. The minimum absolute atomic E-state index is 0.0347. The number of amides is 1. The molecule has 1 N–H and O–H groups in total. The number of nitrogens with zero attached hydrogens (tertiary/aromatic N) is 1. The maximum atomic E-state index is 12.1. The summed E-state index contributed by atoms with van der Waals surface area (Å²) in [5, 5.41) is 0.611. The van der Waals surface area contributed by atoms with Gasteiger partial charge < -0.3 is 9.64 Å². The molecule has 0 unspecified atom stereocenters. The highest BCUT2D eigenvalue weighted by atomic mass is 35.5. The zero-order valence-corrected chi connectivity index (χ0v) is 14.6. The largest absolute Gasteiger partial charge is 0.484 e. The van der Waals surface area contributed by atoms with E-state index in [2.05, 4.69) is 4.72 Å². The third-order valence-electron chi connectivity index (χ3n) is 3.75. The summed E-state index contributed by atoms with van der Waals surface area (Å²) in [5.74, 6) is 0.561. The van der Waals surface area contributed by atoms with Crippen molar-refractivity contribution in [1.82, 2.24) is 9.62 Å². The fourth-order valence-electron chi connectivity index (χ4n) is 2.35. The standard InChI is InChI=1S/C15H21ClN2O4S/c1-2-23(20,21)17-13-7-9-18(10-8-13)15(19)11-22-14-5-3-12(16)4-6-14/h3-6,13,17H,2,7-11H2,1H3. The van der Waals surface area contributed by atoms with Crippen molar-refractivity contribution in [2.24, 2.45) is 0 Å². The Bertz CT molecular complexity index is 625. The summed E-state index contributed by atoms with van der Waals surface area (Å²) < 4.78 is 31.2. The fraction of sp³-hybridized carbons (Fsp3) is 0.533. The first-order valence-electron chi connectivity index (χ1n) is 7.56. The number of nitrogens with one attached hydrogen (secondary N) is 1. The average molecular weight is 361 g/mol. The van der Waals surface area contributed by atoms with Crippen molar-refractivity contribution < 1.29 is 17.9 Å². The van der Waals surface area contributed by atoms with E-state index in [9.17, 15) is 13.2 Å². The maximum Gasteiger partial charge on any atom is 0.260 e. The highest BCUT2D eigenvalue weighted by Gasteiger charge is 2.25. The quantitative estimate of drug-likeness (QED) is 0.837. The van der Waals surface area contributed by atoms with Crippen LogP contribution in [-0.2, 0) is 14.8 Å². The molecule has 1 heterocycles. The molecule has 8 heteroatoms. The molecule has 0 aliphatic carbocycles. The Morgan fingerprint density at radius 3 is 2.48 bits per heavy atom. The molecule has 0 atom stereocenters.